The van der Waals surface area contributed by atoms with Crippen molar-refractivity contribution in [2.75, 3.05) is 6.54 Å². The largest absolute Gasteiger partial charge is 0.455 e. The molecule has 0 aromatic carbocycles. The molecule has 2 N–H and O–H groups in total. The second kappa shape index (κ2) is 7.09. The van der Waals surface area contributed by atoms with Gasteiger partial charge in [-0.3, -0.25) is 14.6 Å². The lowest BCUT2D eigenvalue weighted by atomic mass is 10.3. The van der Waals surface area contributed by atoms with E-state index in [1.165, 1.54) is 24.4 Å². The van der Waals surface area contributed by atoms with Gasteiger partial charge in [0.15, 0.2) is 10.9 Å². The molecule has 120 valence electrons. The number of carbonyl (C=O) groups is 1. The molecule has 0 aliphatic rings. The maximum atomic E-state index is 12.0. The number of furan rings is 1. The highest BCUT2D eigenvalue weighted by Crippen LogP contribution is 2.19. The van der Waals surface area contributed by atoms with Crippen LogP contribution in [0.4, 0.5) is 0 Å². The highest BCUT2D eigenvalue weighted by molar-refractivity contribution is 7.98. The molecule has 0 bridgehead atoms. The van der Waals surface area contributed by atoms with Crippen LogP contribution in [0.2, 0.25) is 0 Å². The van der Waals surface area contributed by atoms with Crippen molar-refractivity contribution in [3.05, 3.63) is 42.1 Å². The first kappa shape index (κ1) is 15.3. The minimum absolute atomic E-state index is 0.247. The van der Waals surface area contributed by atoms with Crippen molar-refractivity contribution in [1.29, 1.82) is 0 Å². The number of thioether (sulfide) groups is 1. The maximum absolute atomic E-state index is 12.0. The lowest BCUT2D eigenvalue weighted by Crippen LogP contribution is -2.26. The van der Waals surface area contributed by atoms with E-state index in [-0.39, 0.29) is 11.7 Å². The molecule has 3 aromatic heterocycles. The van der Waals surface area contributed by atoms with Gasteiger partial charge in [0.2, 0.25) is 0 Å². The molecule has 0 fully saturated rings. The van der Waals surface area contributed by atoms with Gasteiger partial charge in [0.05, 0.1) is 5.75 Å². The van der Waals surface area contributed by atoms with E-state index in [1.807, 2.05) is 7.05 Å². The Balaban J connectivity index is 1.47. The Kier molecular flexibility index (Phi) is 4.71. The van der Waals surface area contributed by atoms with Crippen LogP contribution < -0.4 is 5.32 Å². The smallest absolute Gasteiger partial charge is 0.287 e. The Bertz CT molecular complexity index is 765. The zero-order valence-electron chi connectivity index (χ0n) is 12.4. The third-order valence-electron chi connectivity index (χ3n) is 3.07. The van der Waals surface area contributed by atoms with Crippen molar-refractivity contribution < 1.29 is 9.21 Å². The molecular formula is C13H15N7O2S. The summed E-state index contributed by atoms with van der Waals surface area (Å²) in [5, 5.41) is 14.0. The van der Waals surface area contributed by atoms with Crippen molar-refractivity contribution in [2.45, 2.75) is 17.3 Å². The number of rotatable bonds is 7. The van der Waals surface area contributed by atoms with E-state index in [1.54, 1.807) is 16.8 Å². The van der Waals surface area contributed by atoms with E-state index in [9.17, 15) is 4.79 Å². The maximum Gasteiger partial charge on any atom is 0.287 e. The second-order valence-electron chi connectivity index (χ2n) is 4.65. The normalized spacial score (nSPS) is 10.8. The average Bonchev–Trinajstić information content (AvgIpc) is 3.27. The van der Waals surface area contributed by atoms with Crippen molar-refractivity contribution in [3.8, 4) is 0 Å². The molecule has 3 heterocycles. The number of nitrogens with one attached hydrogen (secondary N) is 2. The van der Waals surface area contributed by atoms with Crippen LogP contribution in [0.1, 0.15) is 22.1 Å². The van der Waals surface area contributed by atoms with Crippen LogP contribution in [-0.2, 0) is 19.2 Å². The van der Waals surface area contributed by atoms with Crippen molar-refractivity contribution >= 4 is 17.7 Å². The third kappa shape index (κ3) is 3.97. The monoisotopic (exact) mass is 333 g/mol. The summed E-state index contributed by atoms with van der Waals surface area (Å²) in [6.07, 6.45) is 3.54. The molecule has 0 atom stereocenters. The number of aromatic nitrogens is 6. The summed E-state index contributed by atoms with van der Waals surface area (Å²) in [6, 6.07) is 3.44. The lowest BCUT2D eigenvalue weighted by Gasteiger charge is -2.02. The zero-order valence-corrected chi connectivity index (χ0v) is 13.2. The highest BCUT2D eigenvalue weighted by atomic mass is 32.2. The van der Waals surface area contributed by atoms with Gasteiger partial charge in [-0.15, -0.1) is 0 Å². The zero-order chi connectivity index (χ0) is 16.1. The number of aromatic amines is 1. The minimum Gasteiger partial charge on any atom is -0.455 e. The lowest BCUT2D eigenvalue weighted by molar-refractivity contribution is 0.0925. The van der Waals surface area contributed by atoms with Crippen LogP contribution in [0.3, 0.4) is 0 Å². The van der Waals surface area contributed by atoms with Gasteiger partial charge in [-0.1, -0.05) is 11.8 Å². The first-order valence-electron chi connectivity index (χ1n) is 6.90. The molecule has 3 rings (SSSR count). The molecule has 0 aliphatic carbocycles. The number of carbonyl (C=O) groups excluding carboxylic acids is 1. The molecule has 0 saturated heterocycles. The predicted molar refractivity (Wildman–Crippen MR) is 81.7 cm³/mol. The molecular weight excluding hydrogens is 318 g/mol. The molecule has 23 heavy (non-hydrogen) atoms. The topological polar surface area (TPSA) is 115 Å². The summed E-state index contributed by atoms with van der Waals surface area (Å²) in [7, 11) is 1.81. The average molecular weight is 333 g/mol. The molecule has 9 nitrogen and oxygen atoms in total. The molecule has 0 unspecified atom stereocenters. The quantitative estimate of drug-likeness (QED) is 0.614. The van der Waals surface area contributed by atoms with Crippen molar-refractivity contribution in [1.82, 2.24) is 35.3 Å². The van der Waals surface area contributed by atoms with Crippen LogP contribution in [0.15, 0.2) is 34.4 Å². The van der Waals surface area contributed by atoms with Crippen molar-refractivity contribution in [2.24, 2.45) is 7.05 Å². The SMILES string of the molecule is Cn1ncnc1CCNC(=O)c1ccc(CSc2ncn[nH]2)o1. The number of nitrogens with zero attached hydrogens (tertiary/aromatic N) is 5. The highest BCUT2D eigenvalue weighted by Gasteiger charge is 2.12. The van der Waals surface area contributed by atoms with Gasteiger partial charge in [-0.05, 0) is 12.1 Å². The van der Waals surface area contributed by atoms with Gasteiger partial charge in [-0.2, -0.15) is 10.2 Å². The number of hydrogen-bond donors (Lipinski definition) is 2. The Hall–Kier alpha value is -2.62. The fraction of sp³-hybridized carbons (Fsp3) is 0.308. The second-order valence-corrected chi connectivity index (χ2v) is 5.62. The van der Waals surface area contributed by atoms with Gasteiger partial charge in [0.1, 0.15) is 24.2 Å². The summed E-state index contributed by atoms with van der Waals surface area (Å²) in [6.45, 7) is 0.466. The third-order valence-corrected chi connectivity index (χ3v) is 3.97. The predicted octanol–water partition coefficient (Wildman–Crippen LogP) is 0.791. The summed E-state index contributed by atoms with van der Waals surface area (Å²) in [5.41, 5.74) is 0. The Labute approximate surface area is 135 Å². The number of hydrogen-bond acceptors (Lipinski definition) is 7. The van der Waals surface area contributed by atoms with Crippen molar-refractivity contribution in [3.63, 3.8) is 0 Å². The summed E-state index contributed by atoms with van der Waals surface area (Å²) < 4.78 is 7.21. The Morgan fingerprint density at radius 1 is 1.39 bits per heavy atom. The van der Waals surface area contributed by atoms with Crippen LogP contribution in [0, 0.1) is 0 Å². The van der Waals surface area contributed by atoms with Gasteiger partial charge >= 0.3 is 0 Å². The van der Waals surface area contributed by atoms with E-state index < -0.39 is 0 Å². The molecule has 1 amide bonds. The van der Waals surface area contributed by atoms with Crippen LogP contribution >= 0.6 is 11.8 Å². The van der Waals surface area contributed by atoms with Crippen LogP contribution in [0.25, 0.3) is 0 Å². The Morgan fingerprint density at radius 3 is 3.04 bits per heavy atom. The van der Waals surface area contributed by atoms with E-state index in [2.05, 4.69) is 30.6 Å². The summed E-state index contributed by atoms with van der Waals surface area (Å²) in [4.78, 5) is 20.1. The van der Waals surface area contributed by atoms with Gasteiger partial charge in [0.25, 0.3) is 5.91 Å². The first-order valence-corrected chi connectivity index (χ1v) is 7.89. The van der Waals surface area contributed by atoms with E-state index in [4.69, 9.17) is 4.42 Å². The number of aryl methyl sites for hydroxylation is 1. The van der Waals surface area contributed by atoms with E-state index >= 15 is 0 Å². The summed E-state index contributed by atoms with van der Waals surface area (Å²) >= 11 is 1.45. The Morgan fingerprint density at radius 2 is 2.30 bits per heavy atom. The fourth-order valence-corrected chi connectivity index (χ4v) is 2.58. The number of H-pyrrole nitrogens is 1. The van der Waals surface area contributed by atoms with E-state index in [0.29, 0.717) is 29.6 Å². The molecule has 0 aliphatic heterocycles. The van der Waals surface area contributed by atoms with Crippen LogP contribution in [-0.4, -0.2) is 42.4 Å². The van der Waals surface area contributed by atoms with Gasteiger partial charge < -0.3 is 9.73 Å². The molecule has 0 spiro atoms. The van der Waals surface area contributed by atoms with Gasteiger partial charge in [0, 0.05) is 20.0 Å². The summed E-state index contributed by atoms with van der Waals surface area (Å²) in [5.74, 6) is 2.12. The fourth-order valence-electron chi connectivity index (χ4n) is 1.90. The molecule has 0 radical (unpaired) electrons. The number of amides is 1. The molecule has 3 aromatic rings. The van der Waals surface area contributed by atoms with Gasteiger partial charge in [-0.25, -0.2) is 9.97 Å². The molecule has 10 heteroatoms. The van der Waals surface area contributed by atoms with Crippen LogP contribution in [0.5, 0.6) is 0 Å². The minimum atomic E-state index is -0.247. The first-order chi connectivity index (χ1) is 11.2. The standard InChI is InChI=1S/C13H15N7O2S/c1-20-11(15-8-18-20)4-5-14-12(21)10-3-2-9(22-10)6-23-13-16-7-17-19-13/h2-3,7-8H,4-6H2,1H3,(H,14,21)(H,16,17,19). The van der Waals surface area contributed by atoms with E-state index in [0.717, 1.165) is 5.82 Å². The molecule has 0 saturated carbocycles.